The van der Waals surface area contributed by atoms with E-state index in [-0.39, 0.29) is 0 Å². The predicted octanol–water partition coefficient (Wildman–Crippen LogP) is 3.19. The molecule has 0 amide bonds. The van der Waals surface area contributed by atoms with E-state index in [2.05, 4.69) is 49.0 Å². The first-order valence-corrected chi connectivity index (χ1v) is 5.96. The molecule has 0 bridgehead atoms. The summed E-state index contributed by atoms with van der Waals surface area (Å²) in [7, 11) is 0. The Bertz CT molecular complexity index is 462. The van der Waals surface area contributed by atoms with Gasteiger partial charge in [-0.25, -0.2) is 0 Å². The lowest BCUT2D eigenvalue weighted by Gasteiger charge is -1.96. The Labute approximate surface area is 99.1 Å². The monoisotopic (exact) mass is 316 g/mol. The number of nitrogens with one attached hydrogen (secondary N) is 1. The van der Waals surface area contributed by atoms with Crippen LogP contribution in [0.2, 0.25) is 0 Å². The van der Waals surface area contributed by atoms with Gasteiger partial charge in [-0.05, 0) is 46.6 Å². The SMILES string of the molecule is NCCc1c(Br)[nH]c2cc(Br)ccc12. The van der Waals surface area contributed by atoms with Crippen molar-refractivity contribution in [3.63, 3.8) is 0 Å². The van der Waals surface area contributed by atoms with E-state index in [9.17, 15) is 0 Å². The maximum Gasteiger partial charge on any atom is 0.0863 e. The summed E-state index contributed by atoms with van der Waals surface area (Å²) in [6.45, 7) is 0.668. The minimum absolute atomic E-state index is 0.668. The first kappa shape index (κ1) is 10.2. The van der Waals surface area contributed by atoms with Gasteiger partial charge in [-0.15, -0.1) is 0 Å². The third kappa shape index (κ3) is 1.74. The normalized spacial score (nSPS) is 11.1. The van der Waals surface area contributed by atoms with Crippen LogP contribution in [0, 0.1) is 0 Å². The van der Waals surface area contributed by atoms with Crippen LogP contribution < -0.4 is 5.73 Å². The average Bonchev–Trinajstić information content (AvgIpc) is 2.43. The summed E-state index contributed by atoms with van der Waals surface area (Å²) in [6, 6.07) is 6.22. The highest BCUT2D eigenvalue weighted by molar-refractivity contribution is 9.10. The van der Waals surface area contributed by atoms with Crippen LogP contribution in [0.15, 0.2) is 27.3 Å². The zero-order chi connectivity index (χ0) is 10.1. The van der Waals surface area contributed by atoms with E-state index in [1.807, 2.05) is 6.07 Å². The van der Waals surface area contributed by atoms with Crippen molar-refractivity contribution >= 4 is 42.8 Å². The van der Waals surface area contributed by atoms with Crippen LogP contribution in [0.4, 0.5) is 0 Å². The van der Waals surface area contributed by atoms with Gasteiger partial charge in [0.15, 0.2) is 0 Å². The molecule has 0 spiro atoms. The number of nitrogens with two attached hydrogens (primary N) is 1. The van der Waals surface area contributed by atoms with Gasteiger partial charge in [0.25, 0.3) is 0 Å². The van der Waals surface area contributed by atoms with Crippen molar-refractivity contribution in [2.75, 3.05) is 6.54 Å². The molecule has 4 heteroatoms. The first-order valence-electron chi connectivity index (χ1n) is 4.38. The maximum absolute atomic E-state index is 5.57. The van der Waals surface area contributed by atoms with Crippen LogP contribution in [0.25, 0.3) is 10.9 Å². The second-order valence-electron chi connectivity index (χ2n) is 3.15. The van der Waals surface area contributed by atoms with E-state index in [4.69, 9.17) is 5.73 Å². The van der Waals surface area contributed by atoms with Crippen molar-refractivity contribution < 1.29 is 0 Å². The Morgan fingerprint density at radius 2 is 2.07 bits per heavy atom. The Kier molecular flexibility index (Phi) is 2.95. The van der Waals surface area contributed by atoms with Gasteiger partial charge < -0.3 is 10.7 Å². The molecule has 0 fully saturated rings. The van der Waals surface area contributed by atoms with Crippen molar-refractivity contribution in [1.29, 1.82) is 0 Å². The lowest BCUT2D eigenvalue weighted by atomic mass is 10.1. The smallest absolute Gasteiger partial charge is 0.0863 e. The Balaban J connectivity index is 2.64. The van der Waals surface area contributed by atoms with E-state index in [1.54, 1.807) is 0 Å². The van der Waals surface area contributed by atoms with E-state index in [0.29, 0.717) is 6.54 Å². The summed E-state index contributed by atoms with van der Waals surface area (Å²) in [5, 5.41) is 1.24. The largest absolute Gasteiger partial charge is 0.349 e. The van der Waals surface area contributed by atoms with Gasteiger partial charge in [0, 0.05) is 15.4 Å². The summed E-state index contributed by atoms with van der Waals surface area (Å²) in [5.41, 5.74) is 7.96. The maximum atomic E-state index is 5.57. The second kappa shape index (κ2) is 4.04. The number of halogens is 2. The van der Waals surface area contributed by atoms with Gasteiger partial charge >= 0.3 is 0 Å². The standard InChI is InChI=1S/C10H10Br2N2/c11-6-1-2-7-8(3-4-13)10(12)14-9(7)5-6/h1-2,5,14H,3-4,13H2. The van der Waals surface area contributed by atoms with Crippen LogP contribution in [0.1, 0.15) is 5.56 Å². The molecule has 14 heavy (non-hydrogen) atoms. The molecule has 0 aliphatic heterocycles. The average molecular weight is 318 g/mol. The Morgan fingerprint density at radius 3 is 2.79 bits per heavy atom. The number of benzene rings is 1. The van der Waals surface area contributed by atoms with Gasteiger partial charge in [0.1, 0.15) is 0 Å². The van der Waals surface area contributed by atoms with Gasteiger partial charge in [-0.2, -0.15) is 0 Å². The van der Waals surface area contributed by atoms with Gasteiger partial charge in [0.05, 0.1) is 4.60 Å². The van der Waals surface area contributed by atoms with Crippen molar-refractivity contribution in [2.24, 2.45) is 5.73 Å². The Hall–Kier alpha value is -0.320. The van der Waals surface area contributed by atoms with Crippen molar-refractivity contribution in [2.45, 2.75) is 6.42 Å². The predicted molar refractivity (Wildman–Crippen MR) is 66.5 cm³/mol. The van der Waals surface area contributed by atoms with Gasteiger partial charge in [0.2, 0.25) is 0 Å². The molecular formula is C10H10Br2N2. The fourth-order valence-electron chi connectivity index (χ4n) is 1.58. The summed E-state index contributed by atoms with van der Waals surface area (Å²) in [6.07, 6.45) is 0.891. The third-order valence-electron chi connectivity index (χ3n) is 2.21. The van der Waals surface area contributed by atoms with E-state index < -0.39 is 0 Å². The summed E-state index contributed by atoms with van der Waals surface area (Å²) in [5.74, 6) is 0. The van der Waals surface area contributed by atoms with Crippen LogP contribution >= 0.6 is 31.9 Å². The molecule has 0 aliphatic carbocycles. The number of hydrogen-bond acceptors (Lipinski definition) is 1. The van der Waals surface area contributed by atoms with Crippen LogP contribution in [0.3, 0.4) is 0 Å². The molecule has 2 rings (SSSR count). The number of rotatable bonds is 2. The molecule has 0 unspecified atom stereocenters. The lowest BCUT2D eigenvalue weighted by molar-refractivity contribution is 0.970. The molecule has 74 valence electrons. The molecule has 1 aromatic heterocycles. The molecule has 0 aliphatic rings. The summed E-state index contributed by atoms with van der Waals surface area (Å²) in [4.78, 5) is 3.28. The zero-order valence-corrected chi connectivity index (χ0v) is 10.7. The fourth-order valence-corrected chi connectivity index (χ4v) is 2.57. The highest BCUT2D eigenvalue weighted by Crippen LogP contribution is 2.28. The molecule has 2 aromatic rings. The molecule has 0 saturated carbocycles. The van der Waals surface area contributed by atoms with E-state index >= 15 is 0 Å². The topological polar surface area (TPSA) is 41.8 Å². The van der Waals surface area contributed by atoms with Gasteiger partial charge in [-0.3, -0.25) is 0 Å². The quantitative estimate of drug-likeness (QED) is 0.877. The highest BCUT2D eigenvalue weighted by atomic mass is 79.9. The highest BCUT2D eigenvalue weighted by Gasteiger charge is 2.08. The number of fused-ring (bicyclic) bond motifs is 1. The van der Waals surface area contributed by atoms with Crippen molar-refractivity contribution in [1.82, 2.24) is 4.98 Å². The first-order chi connectivity index (χ1) is 6.72. The minimum Gasteiger partial charge on any atom is -0.349 e. The second-order valence-corrected chi connectivity index (χ2v) is 4.85. The van der Waals surface area contributed by atoms with E-state index in [0.717, 1.165) is 21.0 Å². The van der Waals surface area contributed by atoms with Crippen LogP contribution in [-0.2, 0) is 6.42 Å². The third-order valence-corrected chi connectivity index (χ3v) is 3.38. The minimum atomic E-state index is 0.668. The zero-order valence-electron chi connectivity index (χ0n) is 7.48. The number of hydrogen-bond donors (Lipinski definition) is 2. The van der Waals surface area contributed by atoms with E-state index in [1.165, 1.54) is 10.9 Å². The van der Waals surface area contributed by atoms with Gasteiger partial charge in [-0.1, -0.05) is 22.0 Å². The molecular weight excluding hydrogens is 308 g/mol. The fraction of sp³-hybridized carbons (Fsp3) is 0.200. The molecule has 0 atom stereocenters. The molecule has 0 saturated heterocycles. The molecule has 0 radical (unpaired) electrons. The molecule has 1 aromatic carbocycles. The van der Waals surface area contributed by atoms with Crippen molar-refractivity contribution in [3.8, 4) is 0 Å². The lowest BCUT2D eigenvalue weighted by Crippen LogP contribution is -2.02. The van der Waals surface area contributed by atoms with Crippen LogP contribution in [-0.4, -0.2) is 11.5 Å². The number of aromatic nitrogens is 1. The van der Waals surface area contributed by atoms with Crippen molar-refractivity contribution in [3.05, 3.63) is 32.8 Å². The molecule has 3 N–H and O–H groups in total. The number of aromatic amines is 1. The summed E-state index contributed by atoms with van der Waals surface area (Å²) >= 11 is 6.95. The van der Waals surface area contributed by atoms with Crippen LogP contribution in [0.5, 0.6) is 0 Å². The molecule has 1 heterocycles. The Morgan fingerprint density at radius 1 is 1.29 bits per heavy atom. The number of H-pyrrole nitrogens is 1. The molecule has 2 nitrogen and oxygen atoms in total. The summed E-state index contributed by atoms with van der Waals surface area (Å²) < 4.78 is 2.12.